The van der Waals surface area contributed by atoms with Crippen LogP contribution in [0, 0.1) is 6.92 Å². The largest absolute Gasteiger partial charge is 0.496 e. The zero-order valence-electron chi connectivity index (χ0n) is 10.4. The monoisotopic (exact) mass is 240 g/mol. The average molecular weight is 241 g/mol. The van der Waals surface area contributed by atoms with Gasteiger partial charge in [-0.05, 0) is 37.8 Å². The van der Waals surface area contributed by atoms with Crippen LogP contribution in [0.1, 0.15) is 37.3 Å². The highest BCUT2D eigenvalue weighted by molar-refractivity contribution is 6.20. The lowest BCUT2D eigenvalue weighted by atomic mass is 10.0. The standard InChI is InChI=1S/C14H21ClO/c1-4-5-13(15)8-7-12-10-11(2)6-9-14(12)16-3/h6,9-10,13H,4-5,7-8H2,1-3H3. The summed E-state index contributed by atoms with van der Waals surface area (Å²) in [4.78, 5) is 0. The molecule has 0 aliphatic carbocycles. The molecule has 0 bridgehead atoms. The molecule has 90 valence electrons. The van der Waals surface area contributed by atoms with E-state index in [0.29, 0.717) is 0 Å². The second-order valence-corrected chi connectivity index (χ2v) is 4.86. The van der Waals surface area contributed by atoms with Crippen molar-refractivity contribution in [2.24, 2.45) is 0 Å². The molecule has 0 aliphatic rings. The van der Waals surface area contributed by atoms with Crippen LogP contribution in [0.2, 0.25) is 0 Å². The number of aryl methyl sites for hydroxylation is 2. The Kier molecular flexibility index (Phi) is 5.68. The summed E-state index contributed by atoms with van der Waals surface area (Å²) in [6, 6.07) is 6.30. The second kappa shape index (κ2) is 6.80. The van der Waals surface area contributed by atoms with E-state index in [0.717, 1.165) is 31.4 Å². The third-order valence-electron chi connectivity index (χ3n) is 2.76. The van der Waals surface area contributed by atoms with E-state index >= 15 is 0 Å². The molecule has 0 saturated heterocycles. The Bertz CT molecular complexity index is 323. The van der Waals surface area contributed by atoms with Crippen molar-refractivity contribution in [2.75, 3.05) is 7.11 Å². The molecule has 0 saturated carbocycles. The lowest BCUT2D eigenvalue weighted by Crippen LogP contribution is -2.01. The molecular weight excluding hydrogens is 220 g/mol. The first kappa shape index (κ1) is 13.4. The first-order valence-corrected chi connectivity index (χ1v) is 6.38. The number of halogens is 1. The molecule has 0 fully saturated rings. The lowest BCUT2D eigenvalue weighted by molar-refractivity contribution is 0.408. The average Bonchev–Trinajstić information content (AvgIpc) is 2.27. The molecule has 1 rings (SSSR count). The van der Waals surface area contributed by atoms with Gasteiger partial charge in [-0.15, -0.1) is 11.6 Å². The third kappa shape index (κ3) is 4.05. The number of ether oxygens (including phenoxy) is 1. The van der Waals surface area contributed by atoms with E-state index in [4.69, 9.17) is 16.3 Å². The van der Waals surface area contributed by atoms with E-state index in [9.17, 15) is 0 Å². The molecule has 0 spiro atoms. The highest BCUT2D eigenvalue weighted by atomic mass is 35.5. The molecule has 0 amide bonds. The van der Waals surface area contributed by atoms with Gasteiger partial charge in [0.1, 0.15) is 5.75 Å². The molecule has 1 aromatic carbocycles. The number of methoxy groups -OCH3 is 1. The van der Waals surface area contributed by atoms with E-state index in [-0.39, 0.29) is 5.38 Å². The zero-order valence-corrected chi connectivity index (χ0v) is 11.2. The van der Waals surface area contributed by atoms with Crippen molar-refractivity contribution >= 4 is 11.6 Å². The molecule has 0 aromatic heterocycles. The molecule has 1 aromatic rings. The Morgan fingerprint density at radius 1 is 1.31 bits per heavy atom. The van der Waals surface area contributed by atoms with Gasteiger partial charge in [0, 0.05) is 5.38 Å². The van der Waals surface area contributed by atoms with Crippen LogP contribution in [0.3, 0.4) is 0 Å². The maximum atomic E-state index is 6.23. The van der Waals surface area contributed by atoms with Crippen LogP contribution < -0.4 is 4.74 Å². The minimum absolute atomic E-state index is 0.287. The second-order valence-electron chi connectivity index (χ2n) is 4.24. The van der Waals surface area contributed by atoms with Crippen LogP contribution in [-0.4, -0.2) is 12.5 Å². The van der Waals surface area contributed by atoms with Crippen LogP contribution >= 0.6 is 11.6 Å². The van der Waals surface area contributed by atoms with E-state index in [1.54, 1.807) is 7.11 Å². The van der Waals surface area contributed by atoms with Gasteiger partial charge < -0.3 is 4.74 Å². The van der Waals surface area contributed by atoms with Gasteiger partial charge in [-0.25, -0.2) is 0 Å². The maximum Gasteiger partial charge on any atom is 0.122 e. The predicted octanol–water partition coefficient (Wildman–Crippen LogP) is 4.34. The molecule has 16 heavy (non-hydrogen) atoms. The first-order chi connectivity index (χ1) is 7.67. The van der Waals surface area contributed by atoms with Crippen LogP contribution in [-0.2, 0) is 6.42 Å². The minimum atomic E-state index is 0.287. The fraction of sp³-hybridized carbons (Fsp3) is 0.571. The van der Waals surface area contributed by atoms with E-state index in [2.05, 4.69) is 26.0 Å². The highest BCUT2D eigenvalue weighted by Gasteiger charge is 2.07. The van der Waals surface area contributed by atoms with Crippen LogP contribution in [0.4, 0.5) is 0 Å². The van der Waals surface area contributed by atoms with Gasteiger partial charge in [0.05, 0.1) is 7.11 Å². The van der Waals surface area contributed by atoms with Crippen LogP contribution in [0.15, 0.2) is 18.2 Å². The van der Waals surface area contributed by atoms with Crippen molar-refractivity contribution < 1.29 is 4.74 Å². The fourth-order valence-electron chi connectivity index (χ4n) is 1.87. The number of benzene rings is 1. The Morgan fingerprint density at radius 2 is 2.06 bits per heavy atom. The van der Waals surface area contributed by atoms with Crippen molar-refractivity contribution in [3.05, 3.63) is 29.3 Å². The Balaban J connectivity index is 2.61. The molecular formula is C14H21ClO. The molecule has 1 unspecified atom stereocenters. The predicted molar refractivity (Wildman–Crippen MR) is 70.6 cm³/mol. The summed E-state index contributed by atoms with van der Waals surface area (Å²) < 4.78 is 5.35. The lowest BCUT2D eigenvalue weighted by Gasteiger charge is -2.11. The molecule has 2 heteroatoms. The molecule has 0 aliphatic heterocycles. The topological polar surface area (TPSA) is 9.23 Å². The number of hydrogen-bond acceptors (Lipinski definition) is 1. The normalized spacial score (nSPS) is 12.5. The molecule has 0 N–H and O–H groups in total. The number of alkyl halides is 1. The summed E-state index contributed by atoms with van der Waals surface area (Å²) in [5.41, 5.74) is 2.54. The minimum Gasteiger partial charge on any atom is -0.496 e. The van der Waals surface area contributed by atoms with Gasteiger partial charge in [-0.2, -0.15) is 0 Å². The molecule has 0 heterocycles. The summed E-state index contributed by atoms with van der Waals surface area (Å²) in [6.45, 7) is 4.27. The summed E-state index contributed by atoms with van der Waals surface area (Å²) >= 11 is 6.23. The zero-order chi connectivity index (χ0) is 12.0. The van der Waals surface area contributed by atoms with Crippen LogP contribution in [0.5, 0.6) is 5.75 Å². The quantitative estimate of drug-likeness (QED) is 0.672. The third-order valence-corrected chi connectivity index (χ3v) is 3.20. The maximum absolute atomic E-state index is 6.23. The first-order valence-electron chi connectivity index (χ1n) is 5.95. The van der Waals surface area contributed by atoms with Crippen molar-refractivity contribution in [1.29, 1.82) is 0 Å². The number of rotatable bonds is 6. The Labute approximate surface area is 104 Å². The molecule has 1 atom stereocenters. The van der Waals surface area contributed by atoms with Gasteiger partial charge in [0.2, 0.25) is 0 Å². The van der Waals surface area contributed by atoms with Crippen molar-refractivity contribution in [1.82, 2.24) is 0 Å². The smallest absolute Gasteiger partial charge is 0.122 e. The van der Waals surface area contributed by atoms with Gasteiger partial charge in [0.25, 0.3) is 0 Å². The van der Waals surface area contributed by atoms with E-state index in [1.807, 2.05) is 6.07 Å². The SMILES string of the molecule is CCCC(Cl)CCc1cc(C)ccc1OC. The van der Waals surface area contributed by atoms with Gasteiger partial charge in [0.15, 0.2) is 0 Å². The van der Waals surface area contributed by atoms with Gasteiger partial charge in [-0.3, -0.25) is 0 Å². The summed E-state index contributed by atoms with van der Waals surface area (Å²) in [6.07, 6.45) is 4.27. The summed E-state index contributed by atoms with van der Waals surface area (Å²) in [5.74, 6) is 0.978. The summed E-state index contributed by atoms with van der Waals surface area (Å²) in [7, 11) is 1.72. The van der Waals surface area contributed by atoms with E-state index in [1.165, 1.54) is 11.1 Å². The molecule has 0 radical (unpaired) electrons. The van der Waals surface area contributed by atoms with E-state index < -0.39 is 0 Å². The van der Waals surface area contributed by atoms with Gasteiger partial charge >= 0.3 is 0 Å². The Morgan fingerprint density at radius 3 is 2.69 bits per heavy atom. The molecule has 1 nitrogen and oxygen atoms in total. The fourth-order valence-corrected chi connectivity index (χ4v) is 2.20. The van der Waals surface area contributed by atoms with Crippen molar-refractivity contribution in [3.63, 3.8) is 0 Å². The van der Waals surface area contributed by atoms with Crippen molar-refractivity contribution in [2.45, 2.75) is 44.9 Å². The summed E-state index contributed by atoms with van der Waals surface area (Å²) in [5, 5.41) is 0.287. The van der Waals surface area contributed by atoms with Gasteiger partial charge in [-0.1, -0.05) is 31.0 Å². The van der Waals surface area contributed by atoms with Crippen LogP contribution in [0.25, 0.3) is 0 Å². The number of hydrogen-bond donors (Lipinski definition) is 0. The van der Waals surface area contributed by atoms with Crippen molar-refractivity contribution in [3.8, 4) is 5.75 Å². The Hall–Kier alpha value is -0.690. The highest BCUT2D eigenvalue weighted by Crippen LogP contribution is 2.23.